The van der Waals surface area contributed by atoms with Crippen molar-refractivity contribution in [3.63, 3.8) is 0 Å². The monoisotopic (exact) mass is 206 g/mol. The molecular formula is C8H12Cl2N2. The van der Waals surface area contributed by atoms with Crippen molar-refractivity contribution in [1.82, 2.24) is 9.78 Å². The number of nitrogens with zero attached hydrogens (tertiary/aromatic N) is 2. The summed E-state index contributed by atoms with van der Waals surface area (Å²) < 4.78 is 1.82. The minimum atomic E-state index is 0.667. The molecular weight excluding hydrogens is 195 g/mol. The second-order valence-corrected chi connectivity index (χ2v) is 3.52. The second kappa shape index (κ2) is 4.15. The van der Waals surface area contributed by atoms with E-state index >= 15 is 0 Å². The molecule has 1 aromatic rings. The van der Waals surface area contributed by atoms with Crippen molar-refractivity contribution in [2.45, 2.75) is 19.8 Å². The summed E-state index contributed by atoms with van der Waals surface area (Å²) in [5.74, 6) is 0.667. The minimum Gasteiger partial charge on any atom is -0.271 e. The van der Waals surface area contributed by atoms with Crippen molar-refractivity contribution < 1.29 is 0 Å². The Hall–Kier alpha value is -0.210. The summed E-state index contributed by atoms with van der Waals surface area (Å²) in [5, 5.41) is 4.99. The topological polar surface area (TPSA) is 17.8 Å². The maximum atomic E-state index is 6.02. The van der Waals surface area contributed by atoms with E-state index in [1.807, 2.05) is 18.7 Å². The summed E-state index contributed by atoms with van der Waals surface area (Å²) in [7, 11) is 1.91. The number of halogens is 2. The van der Waals surface area contributed by atoms with E-state index in [-0.39, 0.29) is 0 Å². The Balaban J connectivity index is 2.82. The first-order valence-corrected chi connectivity index (χ1v) is 4.82. The van der Waals surface area contributed by atoms with Crippen LogP contribution in [0.3, 0.4) is 0 Å². The number of rotatable bonds is 3. The molecule has 0 saturated heterocycles. The number of hydrogen-bond acceptors (Lipinski definition) is 1. The largest absolute Gasteiger partial charge is 0.271 e. The summed E-state index contributed by atoms with van der Waals surface area (Å²) in [6.07, 6.45) is 1.85. The van der Waals surface area contributed by atoms with E-state index in [0.29, 0.717) is 5.88 Å². The average molecular weight is 207 g/mol. The van der Waals surface area contributed by atoms with Crippen LogP contribution < -0.4 is 0 Å². The van der Waals surface area contributed by atoms with Gasteiger partial charge in [0.1, 0.15) is 0 Å². The van der Waals surface area contributed by atoms with Gasteiger partial charge in [0.15, 0.2) is 0 Å². The zero-order valence-corrected chi connectivity index (χ0v) is 8.78. The first-order chi connectivity index (χ1) is 5.66. The quantitative estimate of drug-likeness (QED) is 0.696. The van der Waals surface area contributed by atoms with Crippen molar-refractivity contribution in [1.29, 1.82) is 0 Å². The zero-order valence-electron chi connectivity index (χ0n) is 7.27. The fourth-order valence-electron chi connectivity index (χ4n) is 1.19. The molecule has 68 valence electrons. The van der Waals surface area contributed by atoms with Crippen molar-refractivity contribution in [3.05, 3.63) is 16.4 Å². The van der Waals surface area contributed by atoms with Crippen LogP contribution in [-0.4, -0.2) is 15.7 Å². The SMILES string of the molecule is Cc1nn(C)c(CCCCl)c1Cl. The predicted molar refractivity (Wildman–Crippen MR) is 52.0 cm³/mol. The third-order valence-electron chi connectivity index (χ3n) is 1.81. The molecule has 12 heavy (non-hydrogen) atoms. The maximum Gasteiger partial charge on any atom is 0.0846 e. The maximum absolute atomic E-state index is 6.02. The molecule has 0 N–H and O–H groups in total. The van der Waals surface area contributed by atoms with Gasteiger partial charge in [0.25, 0.3) is 0 Å². The Kier molecular flexibility index (Phi) is 3.41. The molecule has 0 amide bonds. The van der Waals surface area contributed by atoms with E-state index in [1.165, 1.54) is 0 Å². The Morgan fingerprint density at radius 1 is 1.50 bits per heavy atom. The smallest absolute Gasteiger partial charge is 0.0846 e. The van der Waals surface area contributed by atoms with Gasteiger partial charge in [0, 0.05) is 12.9 Å². The van der Waals surface area contributed by atoms with E-state index in [2.05, 4.69) is 5.10 Å². The summed E-state index contributed by atoms with van der Waals surface area (Å²) in [6, 6.07) is 0. The molecule has 0 bridgehead atoms. The summed E-state index contributed by atoms with van der Waals surface area (Å²) >= 11 is 11.6. The fraction of sp³-hybridized carbons (Fsp3) is 0.625. The van der Waals surface area contributed by atoms with Gasteiger partial charge in [-0.1, -0.05) is 11.6 Å². The van der Waals surface area contributed by atoms with E-state index < -0.39 is 0 Å². The van der Waals surface area contributed by atoms with Gasteiger partial charge >= 0.3 is 0 Å². The van der Waals surface area contributed by atoms with Gasteiger partial charge in [-0.25, -0.2) is 0 Å². The Labute approximate surface area is 82.5 Å². The van der Waals surface area contributed by atoms with Crippen LogP contribution in [0.4, 0.5) is 0 Å². The van der Waals surface area contributed by atoms with Crippen LogP contribution in [0.15, 0.2) is 0 Å². The third-order valence-corrected chi connectivity index (χ3v) is 2.57. The van der Waals surface area contributed by atoms with Crippen molar-refractivity contribution in [2.75, 3.05) is 5.88 Å². The highest BCUT2D eigenvalue weighted by atomic mass is 35.5. The average Bonchev–Trinajstić information content (AvgIpc) is 2.25. The molecule has 4 heteroatoms. The van der Waals surface area contributed by atoms with Crippen LogP contribution in [0.1, 0.15) is 17.8 Å². The van der Waals surface area contributed by atoms with E-state index in [9.17, 15) is 0 Å². The number of aromatic nitrogens is 2. The number of aryl methyl sites for hydroxylation is 2. The Morgan fingerprint density at radius 2 is 2.17 bits per heavy atom. The molecule has 1 heterocycles. The van der Waals surface area contributed by atoms with Gasteiger partial charge in [0.2, 0.25) is 0 Å². The van der Waals surface area contributed by atoms with E-state index in [1.54, 1.807) is 0 Å². The molecule has 1 rings (SSSR count). The van der Waals surface area contributed by atoms with Crippen LogP contribution in [0.25, 0.3) is 0 Å². The molecule has 0 aliphatic rings. The fourth-order valence-corrected chi connectivity index (χ4v) is 1.57. The number of alkyl halides is 1. The highest BCUT2D eigenvalue weighted by Crippen LogP contribution is 2.20. The number of hydrogen-bond donors (Lipinski definition) is 0. The lowest BCUT2D eigenvalue weighted by molar-refractivity contribution is 0.693. The lowest BCUT2D eigenvalue weighted by Crippen LogP contribution is -1.98. The molecule has 0 unspecified atom stereocenters. The van der Waals surface area contributed by atoms with Crippen LogP contribution in [0.5, 0.6) is 0 Å². The molecule has 0 aliphatic carbocycles. The van der Waals surface area contributed by atoms with Gasteiger partial charge in [-0.3, -0.25) is 4.68 Å². The molecule has 2 nitrogen and oxygen atoms in total. The van der Waals surface area contributed by atoms with Crippen LogP contribution in [0, 0.1) is 6.92 Å². The van der Waals surface area contributed by atoms with Crippen LogP contribution in [0.2, 0.25) is 5.02 Å². The van der Waals surface area contributed by atoms with Crippen molar-refractivity contribution in [2.24, 2.45) is 7.05 Å². The highest BCUT2D eigenvalue weighted by molar-refractivity contribution is 6.31. The molecule has 0 aromatic carbocycles. The van der Waals surface area contributed by atoms with Gasteiger partial charge in [0.05, 0.1) is 16.4 Å². The van der Waals surface area contributed by atoms with E-state index in [0.717, 1.165) is 29.3 Å². The van der Waals surface area contributed by atoms with Crippen LogP contribution in [-0.2, 0) is 13.5 Å². The first kappa shape index (κ1) is 9.87. The molecule has 0 radical (unpaired) electrons. The van der Waals surface area contributed by atoms with Crippen molar-refractivity contribution >= 4 is 23.2 Å². The van der Waals surface area contributed by atoms with Crippen molar-refractivity contribution in [3.8, 4) is 0 Å². The minimum absolute atomic E-state index is 0.667. The summed E-state index contributed by atoms with van der Waals surface area (Å²) in [5.41, 5.74) is 1.97. The molecule has 0 aliphatic heterocycles. The standard InChI is InChI=1S/C8H12Cl2N2/c1-6-8(10)7(4-3-5-9)12(2)11-6/h3-5H2,1-2H3. The zero-order chi connectivity index (χ0) is 9.14. The lowest BCUT2D eigenvalue weighted by Gasteiger charge is -1.99. The molecule has 0 saturated carbocycles. The van der Waals surface area contributed by atoms with Crippen LogP contribution >= 0.6 is 23.2 Å². The molecule has 0 atom stereocenters. The molecule has 0 fully saturated rings. The predicted octanol–water partition coefficient (Wildman–Crippen LogP) is 2.55. The summed E-state index contributed by atoms with van der Waals surface area (Å²) in [6.45, 7) is 1.91. The van der Waals surface area contributed by atoms with Gasteiger partial charge in [-0.2, -0.15) is 5.10 Å². The van der Waals surface area contributed by atoms with Gasteiger partial charge in [-0.05, 0) is 19.8 Å². The first-order valence-electron chi connectivity index (χ1n) is 3.90. The molecule has 0 spiro atoms. The lowest BCUT2D eigenvalue weighted by atomic mass is 10.2. The van der Waals surface area contributed by atoms with E-state index in [4.69, 9.17) is 23.2 Å². The second-order valence-electron chi connectivity index (χ2n) is 2.76. The summed E-state index contributed by atoms with van der Waals surface area (Å²) in [4.78, 5) is 0. The third kappa shape index (κ3) is 1.93. The van der Waals surface area contributed by atoms with Gasteiger partial charge < -0.3 is 0 Å². The highest BCUT2D eigenvalue weighted by Gasteiger charge is 2.09. The molecule has 1 aromatic heterocycles. The Bertz CT molecular complexity index is 268. The Morgan fingerprint density at radius 3 is 2.58 bits per heavy atom. The normalized spacial score (nSPS) is 10.7. The van der Waals surface area contributed by atoms with Gasteiger partial charge in [-0.15, -0.1) is 11.6 Å².